The molecule has 0 saturated heterocycles. The van der Waals surface area contributed by atoms with Crippen LogP contribution in [0.15, 0.2) is 47.1 Å². The minimum Gasteiger partial charge on any atom is -0.459 e. The molecule has 1 amide bonds. The van der Waals surface area contributed by atoms with E-state index in [1.54, 1.807) is 12.1 Å². The van der Waals surface area contributed by atoms with Crippen molar-refractivity contribution >= 4 is 5.91 Å². The van der Waals surface area contributed by atoms with E-state index in [4.69, 9.17) is 4.42 Å². The number of hydrogen-bond donors (Lipinski definition) is 1. The molecule has 1 aromatic heterocycles. The van der Waals surface area contributed by atoms with Crippen LogP contribution < -0.4 is 5.32 Å². The highest BCUT2D eigenvalue weighted by Gasteiger charge is 2.15. The van der Waals surface area contributed by atoms with E-state index in [0.717, 1.165) is 12.0 Å². The van der Waals surface area contributed by atoms with E-state index in [1.807, 2.05) is 26.0 Å². The molecule has 1 atom stereocenters. The Bertz CT molecular complexity index is 500. The van der Waals surface area contributed by atoms with Crippen LogP contribution in [0.1, 0.15) is 41.1 Å². The number of nitrogens with one attached hydrogen (secondary N) is 1. The van der Waals surface area contributed by atoms with Crippen LogP contribution in [0.2, 0.25) is 0 Å². The molecule has 1 aromatic carbocycles. The van der Waals surface area contributed by atoms with Crippen LogP contribution >= 0.6 is 0 Å². The van der Waals surface area contributed by atoms with Gasteiger partial charge in [0, 0.05) is 0 Å². The molecule has 3 heteroatoms. The lowest BCUT2D eigenvalue weighted by atomic mass is 10.0. The molecule has 3 nitrogen and oxygen atoms in total. The lowest BCUT2D eigenvalue weighted by Gasteiger charge is -2.16. The van der Waals surface area contributed by atoms with Crippen LogP contribution in [-0.4, -0.2) is 5.91 Å². The fourth-order valence-electron chi connectivity index (χ4n) is 1.86. The van der Waals surface area contributed by atoms with Crippen LogP contribution in [0.3, 0.4) is 0 Å². The van der Waals surface area contributed by atoms with Crippen LogP contribution in [0.25, 0.3) is 0 Å². The Hall–Kier alpha value is -2.03. The summed E-state index contributed by atoms with van der Waals surface area (Å²) in [6.07, 6.45) is 2.34. The van der Waals surface area contributed by atoms with Crippen molar-refractivity contribution in [3.05, 3.63) is 59.5 Å². The fourth-order valence-corrected chi connectivity index (χ4v) is 1.86. The molecule has 1 N–H and O–H groups in total. The second-order valence-corrected chi connectivity index (χ2v) is 4.32. The molecule has 1 heterocycles. The van der Waals surface area contributed by atoms with Gasteiger partial charge in [0.25, 0.3) is 5.91 Å². The molecule has 0 aliphatic heterocycles. The Morgan fingerprint density at radius 3 is 2.56 bits per heavy atom. The van der Waals surface area contributed by atoms with Crippen molar-refractivity contribution in [2.45, 2.75) is 26.3 Å². The number of benzene rings is 1. The Kier molecular flexibility index (Phi) is 3.82. The maximum atomic E-state index is 11.9. The number of rotatable bonds is 4. The number of carbonyl (C=O) groups excluding carboxylic acids is 1. The molecule has 0 fully saturated rings. The summed E-state index contributed by atoms with van der Waals surface area (Å²) in [7, 11) is 0. The minimum atomic E-state index is -0.174. The first-order valence-electron chi connectivity index (χ1n) is 6.11. The number of aryl methyl sites for hydroxylation is 1. The summed E-state index contributed by atoms with van der Waals surface area (Å²) in [5.41, 5.74) is 2.33. The van der Waals surface area contributed by atoms with E-state index in [1.165, 1.54) is 11.8 Å². The average molecular weight is 243 g/mol. The highest BCUT2D eigenvalue weighted by Crippen LogP contribution is 2.17. The standard InChI is InChI=1S/C15H17NO2/c1-3-13(12-8-6-11(2)7-9-12)16-15(17)14-5-4-10-18-14/h4-10,13H,3H2,1-2H3,(H,16,17)/t13-/m1/s1. The third-order valence-corrected chi connectivity index (χ3v) is 2.94. The molecule has 0 aliphatic rings. The summed E-state index contributed by atoms with van der Waals surface area (Å²) in [5, 5.41) is 2.97. The van der Waals surface area contributed by atoms with Gasteiger partial charge in [0.15, 0.2) is 5.76 Å². The largest absolute Gasteiger partial charge is 0.459 e. The van der Waals surface area contributed by atoms with Gasteiger partial charge in [-0.25, -0.2) is 0 Å². The zero-order chi connectivity index (χ0) is 13.0. The van der Waals surface area contributed by atoms with Gasteiger partial charge in [-0.15, -0.1) is 0 Å². The van der Waals surface area contributed by atoms with Crippen LogP contribution in [-0.2, 0) is 0 Å². The van der Waals surface area contributed by atoms with Crippen molar-refractivity contribution in [1.82, 2.24) is 5.32 Å². The zero-order valence-electron chi connectivity index (χ0n) is 10.6. The number of furan rings is 1. The van der Waals surface area contributed by atoms with E-state index in [9.17, 15) is 4.79 Å². The molecule has 0 saturated carbocycles. The van der Waals surface area contributed by atoms with Crippen molar-refractivity contribution in [1.29, 1.82) is 0 Å². The third-order valence-electron chi connectivity index (χ3n) is 2.94. The quantitative estimate of drug-likeness (QED) is 0.893. The molecular weight excluding hydrogens is 226 g/mol. The average Bonchev–Trinajstić information content (AvgIpc) is 2.91. The Morgan fingerprint density at radius 2 is 2.00 bits per heavy atom. The number of carbonyl (C=O) groups is 1. The lowest BCUT2D eigenvalue weighted by molar-refractivity contribution is 0.0907. The third kappa shape index (κ3) is 2.80. The summed E-state index contributed by atoms with van der Waals surface area (Å²) in [6.45, 7) is 4.10. The Morgan fingerprint density at radius 1 is 1.28 bits per heavy atom. The van der Waals surface area contributed by atoms with E-state index >= 15 is 0 Å². The van der Waals surface area contributed by atoms with Gasteiger partial charge in [0.1, 0.15) is 0 Å². The van der Waals surface area contributed by atoms with Gasteiger partial charge >= 0.3 is 0 Å². The van der Waals surface area contributed by atoms with Gasteiger partial charge < -0.3 is 9.73 Å². The van der Waals surface area contributed by atoms with Gasteiger partial charge in [-0.05, 0) is 31.0 Å². The predicted molar refractivity (Wildman–Crippen MR) is 70.4 cm³/mol. The normalized spacial score (nSPS) is 12.1. The van der Waals surface area contributed by atoms with Crippen molar-refractivity contribution in [2.24, 2.45) is 0 Å². The molecule has 0 bridgehead atoms. The van der Waals surface area contributed by atoms with E-state index in [-0.39, 0.29) is 11.9 Å². The highest BCUT2D eigenvalue weighted by atomic mass is 16.3. The monoisotopic (exact) mass is 243 g/mol. The maximum absolute atomic E-state index is 11.9. The molecule has 0 unspecified atom stereocenters. The summed E-state index contributed by atoms with van der Waals surface area (Å²) in [5.74, 6) is 0.174. The smallest absolute Gasteiger partial charge is 0.287 e. The second-order valence-electron chi connectivity index (χ2n) is 4.32. The molecule has 0 spiro atoms. The summed E-state index contributed by atoms with van der Waals surface area (Å²) >= 11 is 0. The Labute approximate surface area is 107 Å². The summed E-state index contributed by atoms with van der Waals surface area (Å²) < 4.78 is 5.08. The molecular formula is C15H17NO2. The molecule has 0 aliphatic carbocycles. The molecule has 2 rings (SSSR count). The first kappa shape index (κ1) is 12.4. The highest BCUT2D eigenvalue weighted by molar-refractivity contribution is 5.91. The fraction of sp³-hybridized carbons (Fsp3) is 0.267. The topological polar surface area (TPSA) is 42.2 Å². The molecule has 18 heavy (non-hydrogen) atoms. The van der Waals surface area contributed by atoms with Crippen LogP contribution in [0.4, 0.5) is 0 Å². The maximum Gasteiger partial charge on any atom is 0.287 e. The Balaban J connectivity index is 2.10. The van der Waals surface area contributed by atoms with E-state index in [2.05, 4.69) is 17.4 Å². The van der Waals surface area contributed by atoms with E-state index < -0.39 is 0 Å². The second kappa shape index (κ2) is 5.54. The minimum absolute atomic E-state index is 0.0169. The SMILES string of the molecule is CC[C@@H](NC(=O)c1ccco1)c1ccc(C)cc1. The lowest BCUT2D eigenvalue weighted by Crippen LogP contribution is -2.27. The van der Waals surface area contributed by atoms with Gasteiger partial charge in [0.2, 0.25) is 0 Å². The van der Waals surface area contributed by atoms with Crippen molar-refractivity contribution in [2.75, 3.05) is 0 Å². The van der Waals surface area contributed by atoms with Crippen LogP contribution in [0, 0.1) is 6.92 Å². The number of amides is 1. The summed E-state index contributed by atoms with van der Waals surface area (Å²) in [4.78, 5) is 11.9. The van der Waals surface area contributed by atoms with Gasteiger partial charge in [0.05, 0.1) is 12.3 Å². The molecule has 2 aromatic rings. The first-order valence-corrected chi connectivity index (χ1v) is 6.11. The van der Waals surface area contributed by atoms with E-state index in [0.29, 0.717) is 5.76 Å². The van der Waals surface area contributed by atoms with Crippen molar-refractivity contribution in [3.8, 4) is 0 Å². The molecule has 94 valence electrons. The van der Waals surface area contributed by atoms with Gasteiger partial charge in [-0.3, -0.25) is 4.79 Å². The zero-order valence-corrected chi connectivity index (χ0v) is 10.6. The van der Waals surface area contributed by atoms with Crippen LogP contribution in [0.5, 0.6) is 0 Å². The first-order chi connectivity index (χ1) is 8.70. The van der Waals surface area contributed by atoms with Gasteiger partial charge in [-0.1, -0.05) is 36.8 Å². The van der Waals surface area contributed by atoms with Crippen molar-refractivity contribution in [3.63, 3.8) is 0 Å². The van der Waals surface area contributed by atoms with Gasteiger partial charge in [-0.2, -0.15) is 0 Å². The molecule has 0 radical (unpaired) electrons. The summed E-state index contributed by atoms with van der Waals surface area (Å²) in [6, 6.07) is 11.6. The van der Waals surface area contributed by atoms with Crippen molar-refractivity contribution < 1.29 is 9.21 Å². The predicted octanol–water partition coefficient (Wildman–Crippen LogP) is 3.47. The number of hydrogen-bond acceptors (Lipinski definition) is 2.